The van der Waals surface area contributed by atoms with Crippen LogP contribution in [0.4, 0.5) is 27.3 Å². The van der Waals surface area contributed by atoms with Crippen molar-refractivity contribution in [2.24, 2.45) is 23.2 Å². The maximum Gasteiger partial charge on any atom is 0.673 e. The minimum Gasteiger partial charge on any atom is -0.452 e. The average Bonchev–Trinajstić information content (AvgIpc) is 3.45. The lowest BCUT2D eigenvalue weighted by molar-refractivity contribution is -0.617. The first-order valence-electron chi connectivity index (χ1n) is 17.7. The van der Waals surface area contributed by atoms with E-state index in [9.17, 15) is 17.3 Å². The van der Waals surface area contributed by atoms with Gasteiger partial charge in [-0.1, -0.05) is 46.5 Å². The van der Waals surface area contributed by atoms with Gasteiger partial charge in [0.05, 0.1) is 16.4 Å². The third kappa shape index (κ3) is 7.08. The maximum atomic E-state index is 19.6. The zero-order valence-electron chi connectivity index (χ0n) is 30.5. The van der Waals surface area contributed by atoms with Crippen molar-refractivity contribution in [1.29, 1.82) is 0 Å². The van der Waals surface area contributed by atoms with Crippen LogP contribution < -0.4 is 5.46 Å². The van der Waals surface area contributed by atoms with Crippen molar-refractivity contribution in [1.82, 2.24) is 4.90 Å². The van der Waals surface area contributed by atoms with Crippen LogP contribution in [0.25, 0.3) is 0 Å². The summed E-state index contributed by atoms with van der Waals surface area (Å²) in [7, 11) is -6.00. The predicted molar refractivity (Wildman–Crippen MR) is 197 cm³/mol. The number of halogens is 7. The molecule has 0 saturated heterocycles. The second-order valence-corrected chi connectivity index (χ2v) is 17.4. The van der Waals surface area contributed by atoms with Crippen LogP contribution in [-0.2, 0) is 0 Å². The number of hydrogen-bond acceptors (Lipinski definition) is 1. The SMILES string of the molecule is Cc1cc(C)c([N+]2=C(C(C)(C)C)N3CC[N+](C45CC6CC(CC(C6)C4)C5)=C3[B@-]2(F)c2c(C)cc(C)cc2C)c(C)c1.ClCCl.F[B-](F)(F)F. The van der Waals surface area contributed by atoms with Gasteiger partial charge in [-0.2, -0.15) is 0 Å². The van der Waals surface area contributed by atoms with Crippen LogP contribution >= 0.6 is 23.2 Å². The highest BCUT2D eigenvalue weighted by Gasteiger charge is 2.67. The summed E-state index contributed by atoms with van der Waals surface area (Å²) < 4.78 is 63.5. The molecule has 1 atom stereocenters. The molecule has 2 aromatic carbocycles. The van der Waals surface area contributed by atoms with E-state index in [1.165, 1.54) is 60.8 Å². The topological polar surface area (TPSA) is 9.26 Å². The van der Waals surface area contributed by atoms with Gasteiger partial charge >= 0.3 is 13.8 Å². The summed E-state index contributed by atoms with van der Waals surface area (Å²) >= 11 is 9.53. The maximum absolute atomic E-state index is 19.6. The van der Waals surface area contributed by atoms with Gasteiger partial charge < -0.3 is 26.1 Å². The monoisotopic (exact) mass is 725 g/mol. The molecule has 2 aliphatic heterocycles. The standard InChI is InChI=1S/C36H50BFN3.CH2Cl2.BF4/c1-22-12-24(3)31(25(4)13-22)37(38)34-39(10-11-40(34)36-19-28-16-29(20-36)18-30(17-28)21-36)33(35(7,8)9)41(37)32-26(5)14-23(2)15-27(32)6;2-1-3;2-1(3,4)5/h12-15,28-30H,10-11,16-21H2,1-9H3;1H2;/q+1;;-1/t28?,29?,30?,36?,37-;;/m0../s1. The van der Waals surface area contributed by atoms with Gasteiger partial charge in [-0.3, -0.25) is 4.58 Å². The van der Waals surface area contributed by atoms with Crippen molar-refractivity contribution in [3.8, 4) is 0 Å². The molecule has 8 rings (SSSR count). The van der Waals surface area contributed by atoms with Crippen LogP contribution in [0.1, 0.15) is 92.7 Å². The van der Waals surface area contributed by atoms with Crippen LogP contribution in [0.15, 0.2) is 24.3 Å². The molecule has 3 nitrogen and oxygen atoms in total. The van der Waals surface area contributed by atoms with E-state index >= 15 is 4.32 Å². The molecule has 0 spiro atoms. The molecule has 4 bridgehead atoms. The zero-order valence-corrected chi connectivity index (χ0v) is 32.1. The first-order valence-corrected chi connectivity index (χ1v) is 18.8. The molecule has 0 aromatic heterocycles. The number of aryl methyl sites for hydroxylation is 6. The van der Waals surface area contributed by atoms with Gasteiger partial charge in [0.25, 0.3) is 0 Å². The molecule has 2 aromatic rings. The summed E-state index contributed by atoms with van der Waals surface area (Å²) in [4.78, 5) is 2.47. The van der Waals surface area contributed by atoms with E-state index in [0.29, 0.717) is 0 Å². The van der Waals surface area contributed by atoms with E-state index in [0.717, 1.165) is 64.7 Å². The number of alkyl halides is 2. The van der Waals surface area contributed by atoms with Gasteiger partial charge in [0.15, 0.2) is 5.73 Å². The fraction of sp³-hybridized carbons (Fsp3) is 0.622. The number of hydrogen-bond donors (Lipinski definition) is 0. The summed E-state index contributed by atoms with van der Waals surface area (Å²) in [6, 6.07) is 8.92. The van der Waals surface area contributed by atoms with Crippen LogP contribution in [-0.4, -0.2) is 63.3 Å². The Labute approximate surface area is 300 Å². The Morgan fingerprint density at radius 3 is 1.57 bits per heavy atom. The molecule has 6 aliphatic rings. The second kappa shape index (κ2) is 13.5. The van der Waals surface area contributed by atoms with Gasteiger partial charge in [-0.05, 0) is 130 Å². The van der Waals surface area contributed by atoms with E-state index in [1.54, 1.807) is 0 Å². The van der Waals surface area contributed by atoms with Crippen molar-refractivity contribution >= 4 is 59.7 Å². The third-order valence-electron chi connectivity index (χ3n) is 11.5. The summed E-state index contributed by atoms with van der Waals surface area (Å²) in [6.45, 7) is 18.9. The quantitative estimate of drug-likeness (QED) is 0.133. The van der Waals surface area contributed by atoms with E-state index in [1.807, 2.05) is 0 Å². The van der Waals surface area contributed by atoms with Crippen LogP contribution in [0.2, 0.25) is 0 Å². The molecule has 270 valence electrons. The lowest BCUT2D eigenvalue weighted by Gasteiger charge is -2.56. The Hall–Kier alpha value is -2.06. The van der Waals surface area contributed by atoms with Crippen molar-refractivity contribution in [2.75, 3.05) is 18.4 Å². The first kappa shape index (κ1) is 38.2. The van der Waals surface area contributed by atoms with Crippen LogP contribution in [0.5, 0.6) is 0 Å². The number of amidine groups is 2. The summed E-state index contributed by atoms with van der Waals surface area (Å²) in [5, 5.41) is 0.194. The molecule has 0 N–H and O–H groups in total. The van der Waals surface area contributed by atoms with Gasteiger partial charge in [0.1, 0.15) is 18.6 Å². The molecular formula is C37H52B2Cl2F5N3. The van der Waals surface area contributed by atoms with E-state index < -0.39 is 13.8 Å². The Morgan fingerprint density at radius 2 is 1.18 bits per heavy atom. The Bertz CT molecular complexity index is 1600. The largest absolute Gasteiger partial charge is 0.673 e. The second-order valence-electron chi connectivity index (χ2n) is 16.6. The molecule has 12 heteroatoms. The highest BCUT2D eigenvalue weighted by atomic mass is 35.5. The average molecular weight is 726 g/mol. The van der Waals surface area contributed by atoms with Gasteiger partial charge in [-0.25, -0.2) is 4.90 Å². The summed E-state index contributed by atoms with van der Waals surface area (Å²) in [6.07, 6.45) is 7.97. The normalized spacial score (nSPS) is 28.8. The van der Waals surface area contributed by atoms with Gasteiger partial charge in [0, 0.05) is 0 Å². The number of nitrogens with zero attached hydrogens (tertiary/aromatic N) is 3. The minimum absolute atomic E-state index is 0.112. The van der Waals surface area contributed by atoms with E-state index in [-0.39, 0.29) is 16.3 Å². The Kier molecular flexibility index (Phi) is 10.5. The lowest BCUT2D eigenvalue weighted by Crippen LogP contribution is -2.65. The Morgan fingerprint density at radius 1 is 0.796 bits per heavy atom. The highest BCUT2D eigenvalue weighted by Crippen LogP contribution is 2.58. The smallest absolute Gasteiger partial charge is 0.452 e. The number of rotatable bonds is 3. The lowest BCUT2D eigenvalue weighted by atomic mass is 9.45. The molecule has 4 saturated carbocycles. The third-order valence-corrected chi connectivity index (χ3v) is 11.5. The van der Waals surface area contributed by atoms with Crippen molar-refractivity contribution < 1.29 is 30.6 Å². The molecule has 49 heavy (non-hydrogen) atoms. The fourth-order valence-electron chi connectivity index (χ4n) is 11.1. The van der Waals surface area contributed by atoms with Gasteiger partial charge in [0.2, 0.25) is 5.84 Å². The fourth-order valence-corrected chi connectivity index (χ4v) is 11.1. The Balaban J connectivity index is 0.000000531. The molecule has 0 unspecified atom stereocenters. The highest BCUT2D eigenvalue weighted by molar-refractivity contribution is 7.07. The van der Waals surface area contributed by atoms with Crippen molar-refractivity contribution in [3.63, 3.8) is 0 Å². The molecule has 0 amide bonds. The number of benzene rings is 2. The molecule has 0 radical (unpaired) electrons. The van der Waals surface area contributed by atoms with Gasteiger partial charge in [-0.15, -0.1) is 28.7 Å². The van der Waals surface area contributed by atoms with Crippen LogP contribution in [0.3, 0.4) is 0 Å². The molecular weight excluding hydrogens is 674 g/mol. The van der Waals surface area contributed by atoms with Crippen LogP contribution in [0, 0.1) is 64.7 Å². The number of fused-ring (bicyclic) bond motifs is 1. The molecule has 2 heterocycles. The van der Waals surface area contributed by atoms with Crippen molar-refractivity contribution in [3.05, 3.63) is 57.6 Å². The van der Waals surface area contributed by atoms with E-state index in [2.05, 4.69) is 101 Å². The predicted octanol–water partition coefficient (Wildman–Crippen LogP) is 9.91. The molecule has 4 aliphatic carbocycles. The summed E-state index contributed by atoms with van der Waals surface area (Å²) in [5.41, 5.74) is 9.78. The van der Waals surface area contributed by atoms with E-state index in [4.69, 9.17) is 23.2 Å². The van der Waals surface area contributed by atoms with Crippen molar-refractivity contribution in [2.45, 2.75) is 106 Å². The summed E-state index contributed by atoms with van der Waals surface area (Å²) in [5.74, 6) is 3.61. The molecule has 4 fully saturated rings. The zero-order chi connectivity index (χ0) is 36.4. The minimum atomic E-state index is -6.00. The first-order chi connectivity index (χ1) is 22.6.